The molecule has 0 aromatic heterocycles. The van der Waals surface area contributed by atoms with Crippen molar-refractivity contribution in [1.82, 2.24) is 0 Å². The van der Waals surface area contributed by atoms with Gasteiger partial charge in [-0.1, -0.05) is 0 Å². The molecule has 0 saturated heterocycles. The lowest BCUT2D eigenvalue weighted by Crippen LogP contribution is -2.06. The van der Waals surface area contributed by atoms with Crippen LogP contribution in [0.5, 0.6) is 0 Å². The van der Waals surface area contributed by atoms with Gasteiger partial charge in [-0.25, -0.2) is 22.0 Å². The van der Waals surface area contributed by atoms with E-state index in [1.54, 1.807) is 0 Å². The van der Waals surface area contributed by atoms with E-state index in [-0.39, 0.29) is 0 Å². The number of hydrogen-bond donors (Lipinski definition) is 1. The average molecular weight is 224 g/mol. The van der Waals surface area contributed by atoms with Gasteiger partial charge in [-0.05, 0) is 13.0 Å². The van der Waals surface area contributed by atoms with Crippen LogP contribution in [0.4, 0.5) is 22.0 Å². The fourth-order valence-corrected chi connectivity index (χ4v) is 0.974. The quantitative estimate of drug-likeness (QED) is 0.336. The molecule has 0 aliphatic rings. The highest BCUT2D eigenvalue weighted by molar-refractivity contribution is 5.59. The number of aliphatic hydroxyl groups excluding tert-OH is 1. The van der Waals surface area contributed by atoms with Crippen LogP contribution in [-0.2, 0) is 0 Å². The highest BCUT2D eigenvalue weighted by atomic mass is 19.2. The first-order valence-corrected chi connectivity index (χ1v) is 3.78. The summed E-state index contributed by atoms with van der Waals surface area (Å²) in [6.45, 7) is 1.19. The van der Waals surface area contributed by atoms with Crippen LogP contribution < -0.4 is 0 Å². The van der Waals surface area contributed by atoms with E-state index in [4.69, 9.17) is 5.11 Å². The fourth-order valence-electron chi connectivity index (χ4n) is 0.974. The SMILES string of the molecule is CC=C(O)c1c(F)c(F)c(F)c(F)c1F. The molecule has 15 heavy (non-hydrogen) atoms. The lowest BCUT2D eigenvalue weighted by molar-refractivity contribution is 0.370. The smallest absolute Gasteiger partial charge is 0.200 e. The lowest BCUT2D eigenvalue weighted by atomic mass is 10.1. The molecule has 0 aliphatic carbocycles. The molecule has 1 N–H and O–H groups in total. The molecule has 1 aromatic rings. The van der Waals surface area contributed by atoms with Gasteiger partial charge in [-0.3, -0.25) is 0 Å². The van der Waals surface area contributed by atoms with Gasteiger partial charge >= 0.3 is 0 Å². The van der Waals surface area contributed by atoms with Crippen molar-refractivity contribution in [1.29, 1.82) is 0 Å². The van der Waals surface area contributed by atoms with Crippen molar-refractivity contribution in [2.24, 2.45) is 0 Å². The Bertz CT molecular complexity index is 410. The Morgan fingerprint density at radius 2 is 1.20 bits per heavy atom. The maximum absolute atomic E-state index is 12.9. The zero-order valence-electron chi connectivity index (χ0n) is 7.41. The third-order valence-electron chi connectivity index (χ3n) is 1.74. The third kappa shape index (κ3) is 1.67. The minimum absolute atomic E-state index is 0.818. The van der Waals surface area contributed by atoms with E-state index in [1.807, 2.05) is 0 Å². The second-order valence-electron chi connectivity index (χ2n) is 2.62. The van der Waals surface area contributed by atoms with Crippen LogP contribution >= 0.6 is 0 Å². The second kappa shape index (κ2) is 3.88. The molecule has 0 amide bonds. The van der Waals surface area contributed by atoms with Gasteiger partial charge in [-0.15, -0.1) is 0 Å². The van der Waals surface area contributed by atoms with E-state index < -0.39 is 40.4 Å². The summed E-state index contributed by atoms with van der Waals surface area (Å²) in [5.74, 6) is -11.5. The van der Waals surface area contributed by atoms with Crippen LogP contribution in [-0.4, -0.2) is 5.11 Å². The van der Waals surface area contributed by atoms with Gasteiger partial charge in [0.25, 0.3) is 0 Å². The van der Waals surface area contributed by atoms with Crippen molar-refractivity contribution in [2.75, 3.05) is 0 Å². The fraction of sp³-hybridized carbons (Fsp3) is 0.111. The van der Waals surface area contributed by atoms with Gasteiger partial charge in [0.15, 0.2) is 23.3 Å². The predicted octanol–water partition coefficient (Wildman–Crippen LogP) is 3.30. The predicted molar refractivity (Wildman–Crippen MR) is 42.5 cm³/mol. The minimum atomic E-state index is -2.25. The van der Waals surface area contributed by atoms with Gasteiger partial charge in [-0.2, -0.15) is 0 Å². The largest absolute Gasteiger partial charge is 0.507 e. The highest BCUT2D eigenvalue weighted by Crippen LogP contribution is 2.26. The lowest BCUT2D eigenvalue weighted by Gasteiger charge is -2.06. The topological polar surface area (TPSA) is 20.2 Å². The van der Waals surface area contributed by atoms with Crippen molar-refractivity contribution >= 4 is 5.76 Å². The van der Waals surface area contributed by atoms with Gasteiger partial charge in [0.05, 0.1) is 5.56 Å². The number of aliphatic hydroxyl groups is 1. The van der Waals surface area contributed by atoms with Crippen molar-refractivity contribution in [2.45, 2.75) is 6.92 Å². The molecule has 0 unspecified atom stereocenters. The minimum Gasteiger partial charge on any atom is -0.507 e. The maximum atomic E-state index is 12.9. The summed E-state index contributed by atoms with van der Waals surface area (Å²) in [5, 5.41) is 8.96. The van der Waals surface area contributed by atoms with E-state index in [9.17, 15) is 22.0 Å². The number of allylic oxidation sites excluding steroid dienone is 1. The van der Waals surface area contributed by atoms with Crippen LogP contribution in [0.1, 0.15) is 12.5 Å². The average Bonchev–Trinajstić information content (AvgIpc) is 2.23. The Morgan fingerprint density at radius 1 is 0.867 bits per heavy atom. The molecule has 0 fully saturated rings. The van der Waals surface area contributed by atoms with E-state index in [1.165, 1.54) is 6.92 Å². The zero-order chi connectivity index (χ0) is 11.7. The summed E-state index contributed by atoms with van der Waals surface area (Å²) in [5.41, 5.74) is -1.33. The summed E-state index contributed by atoms with van der Waals surface area (Å²) >= 11 is 0. The third-order valence-corrected chi connectivity index (χ3v) is 1.74. The zero-order valence-corrected chi connectivity index (χ0v) is 7.41. The molecular formula is C9H5F5O. The molecule has 1 nitrogen and oxygen atoms in total. The molecule has 0 heterocycles. The maximum Gasteiger partial charge on any atom is 0.200 e. The molecule has 1 aromatic carbocycles. The highest BCUT2D eigenvalue weighted by Gasteiger charge is 2.27. The molecule has 6 heteroatoms. The van der Waals surface area contributed by atoms with Crippen LogP contribution in [0.15, 0.2) is 6.08 Å². The molecular weight excluding hydrogens is 219 g/mol. The molecule has 0 saturated carbocycles. The first-order valence-electron chi connectivity index (χ1n) is 3.78. The summed E-state index contributed by atoms with van der Waals surface area (Å²) in [4.78, 5) is 0. The number of rotatable bonds is 1. The molecule has 1 rings (SSSR count). The van der Waals surface area contributed by atoms with Crippen molar-refractivity contribution < 1.29 is 27.1 Å². The molecule has 0 radical (unpaired) electrons. The second-order valence-corrected chi connectivity index (χ2v) is 2.62. The van der Waals surface area contributed by atoms with Crippen LogP contribution in [0.25, 0.3) is 5.76 Å². The van der Waals surface area contributed by atoms with Gasteiger partial charge in [0.2, 0.25) is 5.82 Å². The standard InChI is InChI=1S/C9H5F5O/c1-2-3(15)4-5(10)7(12)9(14)8(13)6(4)11/h2,15H,1H3. The van der Waals surface area contributed by atoms with Crippen molar-refractivity contribution in [3.8, 4) is 0 Å². The molecule has 82 valence electrons. The van der Waals surface area contributed by atoms with E-state index in [0.717, 1.165) is 6.08 Å². The Morgan fingerprint density at radius 3 is 1.53 bits per heavy atom. The normalized spacial score (nSPS) is 12.0. The molecule has 0 bridgehead atoms. The van der Waals surface area contributed by atoms with Crippen molar-refractivity contribution in [3.05, 3.63) is 40.7 Å². The summed E-state index contributed by atoms with van der Waals surface area (Å²) < 4.78 is 63.6. The van der Waals surface area contributed by atoms with Crippen LogP contribution in [0.2, 0.25) is 0 Å². The van der Waals surface area contributed by atoms with Gasteiger partial charge in [0, 0.05) is 0 Å². The van der Waals surface area contributed by atoms with E-state index in [2.05, 4.69) is 0 Å². The Kier molecular flexibility index (Phi) is 2.97. The van der Waals surface area contributed by atoms with E-state index in [0.29, 0.717) is 0 Å². The summed E-state index contributed by atoms with van der Waals surface area (Å²) in [6.07, 6.45) is 0.818. The van der Waals surface area contributed by atoms with Crippen LogP contribution in [0, 0.1) is 29.1 Å². The number of benzene rings is 1. The first kappa shape index (κ1) is 11.5. The Labute approximate surface area is 81.5 Å². The Balaban J connectivity index is 3.67. The van der Waals surface area contributed by atoms with Gasteiger partial charge < -0.3 is 5.11 Å². The summed E-state index contributed by atoms with van der Waals surface area (Å²) in [7, 11) is 0. The molecule has 0 atom stereocenters. The number of hydrogen-bond acceptors (Lipinski definition) is 1. The number of halogens is 5. The monoisotopic (exact) mass is 224 g/mol. The Hall–Kier alpha value is -1.59. The van der Waals surface area contributed by atoms with Crippen molar-refractivity contribution in [3.63, 3.8) is 0 Å². The van der Waals surface area contributed by atoms with Gasteiger partial charge in [0.1, 0.15) is 5.76 Å². The first-order chi connectivity index (χ1) is 6.91. The summed E-state index contributed by atoms with van der Waals surface area (Å²) in [6, 6.07) is 0. The molecule has 0 aliphatic heterocycles. The van der Waals surface area contributed by atoms with E-state index >= 15 is 0 Å². The molecule has 0 spiro atoms. The van der Waals surface area contributed by atoms with Crippen LogP contribution in [0.3, 0.4) is 0 Å².